The van der Waals surface area contributed by atoms with Gasteiger partial charge in [0, 0.05) is 13.0 Å². The van der Waals surface area contributed by atoms with Gasteiger partial charge in [-0.15, -0.1) is 0 Å². The molecule has 0 spiro atoms. The average molecular weight is 547 g/mol. The molecule has 4 atom stereocenters. The highest BCUT2D eigenvalue weighted by molar-refractivity contribution is 5.95. The third-order valence-corrected chi connectivity index (χ3v) is 5.16. The maximum atomic E-state index is 12.9. The van der Waals surface area contributed by atoms with Crippen LogP contribution in [0.3, 0.4) is 0 Å². The highest BCUT2D eigenvalue weighted by Crippen LogP contribution is 2.06. The lowest BCUT2D eigenvalue weighted by atomic mass is 10.1. The second-order valence-corrected chi connectivity index (χ2v) is 8.39. The Labute approximate surface area is 218 Å². The Balaban J connectivity index is 5.50. The molecule has 0 aliphatic heterocycles. The summed E-state index contributed by atoms with van der Waals surface area (Å²) < 4.78 is 0. The quantitative estimate of drug-likeness (QED) is 0.0401. The van der Waals surface area contributed by atoms with Crippen LogP contribution in [-0.2, 0) is 28.8 Å². The van der Waals surface area contributed by atoms with Crippen LogP contribution in [0.4, 0.5) is 0 Å². The van der Waals surface area contributed by atoms with E-state index < -0.39 is 66.2 Å². The molecule has 0 aliphatic rings. The van der Waals surface area contributed by atoms with Gasteiger partial charge in [-0.3, -0.25) is 29.0 Å². The van der Waals surface area contributed by atoms with E-state index in [2.05, 4.69) is 20.9 Å². The number of guanidine groups is 1. The fraction of sp³-hybridized carbons (Fsp3) is 0.667. The first-order chi connectivity index (χ1) is 17.8. The number of hydrogen-bond acceptors (Lipinski definition) is 9. The van der Waals surface area contributed by atoms with Crippen LogP contribution in [0.5, 0.6) is 0 Å². The van der Waals surface area contributed by atoms with E-state index in [0.29, 0.717) is 19.4 Å². The van der Waals surface area contributed by atoms with Gasteiger partial charge in [-0.05, 0) is 45.1 Å². The van der Waals surface area contributed by atoms with Gasteiger partial charge in [0.25, 0.3) is 0 Å². The lowest BCUT2D eigenvalue weighted by molar-refractivity contribution is -0.144. The molecule has 0 saturated heterocycles. The molecule has 0 aromatic rings. The Morgan fingerprint density at radius 1 is 0.711 bits per heavy atom. The Kier molecular flexibility index (Phi) is 16.4. The number of aliphatic carboxylic acids is 3. The van der Waals surface area contributed by atoms with Crippen LogP contribution in [0.25, 0.3) is 0 Å². The summed E-state index contributed by atoms with van der Waals surface area (Å²) in [6, 6.07) is -5.57. The van der Waals surface area contributed by atoms with Gasteiger partial charge in [0.05, 0.1) is 12.5 Å². The number of rotatable bonds is 20. The van der Waals surface area contributed by atoms with E-state index in [1.165, 1.54) is 0 Å². The number of nitrogens with zero attached hydrogens (tertiary/aromatic N) is 1. The van der Waals surface area contributed by atoms with Crippen LogP contribution in [0.1, 0.15) is 51.4 Å². The lowest BCUT2D eigenvalue weighted by Gasteiger charge is -2.24. The van der Waals surface area contributed by atoms with Crippen molar-refractivity contribution < 1.29 is 44.1 Å². The lowest BCUT2D eigenvalue weighted by Crippen LogP contribution is -2.57. The molecule has 0 aromatic carbocycles. The van der Waals surface area contributed by atoms with Crippen LogP contribution in [0.15, 0.2) is 4.99 Å². The van der Waals surface area contributed by atoms with Crippen molar-refractivity contribution in [2.24, 2.45) is 27.9 Å². The van der Waals surface area contributed by atoms with Crippen molar-refractivity contribution in [2.75, 3.05) is 13.1 Å². The van der Waals surface area contributed by atoms with E-state index in [1.807, 2.05) is 0 Å². The van der Waals surface area contributed by atoms with Crippen molar-refractivity contribution in [2.45, 2.75) is 75.5 Å². The predicted molar refractivity (Wildman–Crippen MR) is 133 cm³/mol. The fourth-order valence-corrected chi connectivity index (χ4v) is 3.14. The molecule has 14 N–H and O–H groups in total. The summed E-state index contributed by atoms with van der Waals surface area (Å²) in [5.74, 6) is -7.01. The van der Waals surface area contributed by atoms with Gasteiger partial charge in [0.15, 0.2) is 5.96 Å². The zero-order valence-corrected chi connectivity index (χ0v) is 20.9. The van der Waals surface area contributed by atoms with Crippen LogP contribution in [-0.4, -0.2) is 94.2 Å². The minimum absolute atomic E-state index is 0.0599. The molecule has 216 valence electrons. The van der Waals surface area contributed by atoms with E-state index in [1.54, 1.807) is 0 Å². The van der Waals surface area contributed by atoms with Crippen LogP contribution >= 0.6 is 0 Å². The zero-order chi connectivity index (χ0) is 29.3. The first-order valence-electron chi connectivity index (χ1n) is 11.9. The van der Waals surface area contributed by atoms with Crippen molar-refractivity contribution >= 4 is 41.6 Å². The number of carbonyl (C=O) groups excluding carboxylic acids is 3. The van der Waals surface area contributed by atoms with Gasteiger partial charge in [0.2, 0.25) is 17.7 Å². The normalized spacial score (nSPS) is 13.7. The van der Waals surface area contributed by atoms with Crippen molar-refractivity contribution in [3.05, 3.63) is 0 Å². The van der Waals surface area contributed by atoms with Gasteiger partial charge < -0.3 is 54.2 Å². The van der Waals surface area contributed by atoms with Gasteiger partial charge in [-0.25, -0.2) is 4.79 Å². The van der Waals surface area contributed by atoms with E-state index in [-0.39, 0.29) is 44.6 Å². The molecule has 3 amide bonds. The summed E-state index contributed by atoms with van der Waals surface area (Å²) in [5.41, 5.74) is 21.6. The number of carbonyl (C=O) groups is 6. The van der Waals surface area contributed by atoms with Crippen molar-refractivity contribution in [3.8, 4) is 0 Å². The third kappa shape index (κ3) is 15.2. The Morgan fingerprint density at radius 3 is 1.79 bits per heavy atom. The monoisotopic (exact) mass is 546 g/mol. The second kappa shape index (κ2) is 18.3. The molecular formula is C21H38N8O9. The molecule has 4 unspecified atom stereocenters. The number of aliphatic imine (C=N–C) groups is 1. The second-order valence-electron chi connectivity index (χ2n) is 8.39. The number of carboxylic acids is 3. The number of nitrogens with one attached hydrogen (secondary N) is 3. The Morgan fingerprint density at radius 2 is 1.26 bits per heavy atom. The van der Waals surface area contributed by atoms with Crippen LogP contribution in [0.2, 0.25) is 0 Å². The average Bonchev–Trinajstić information content (AvgIpc) is 2.82. The molecular weight excluding hydrogens is 508 g/mol. The standard InChI is InChI=1S/C21H38N8O9/c22-8-2-1-4-12(27-17(34)11(23)6-7-15(30)31)18(35)29-14(10-16(32)33)19(36)28-13(20(37)38)5-3-9-26-21(24)25/h11-14H,1-10,22-23H2,(H,27,34)(H,28,36)(H,29,35)(H,30,31)(H,32,33)(H,37,38)(H4,24,25,26). The predicted octanol–water partition coefficient (Wildman–Crippen LogP) is -3.63. The molecule has 0 fully saturated rings. The highest BCUT2D eigenvalue weighted by Gasteiger charge is 2.31. The maximum Gasteiger partial charge on any atom is 0.326 e. The number of carboxylic acid groups (broad SMARTS) is 3. The molecule has 0 bridgehead atoms. The minimum Gasteiger partial charge on any atom is -0.481 e. The van der Waals surface area contributed by atoms with Gasteiger partial charge in [-0.1, -0.05) is 0 Å². The summed E-state index contributed by atoms with van der Waals surface area (Å²) in [6.45, 7) is 0.389. The first-order valence-corrected chi connectivity index (χ1v) is 11.9. The summed E-state index contributed by atoms with van der Waals surface area (Å²) in [7, 11) is 0. The minimum atomic E-state index is -1.67. The third-order valence-electron chi connectivity index (χ3n) is 5.16. The topological polar surface area (TPSA) is 316 Å². The zero-order valence-electron chi connectivity index (χ0n) is 20.9. The highest BCUT2D eigenvalue weighted by atomic mass is 16.4. The summed E-state index contributed by atoms with van der Waals surface area (Å²) in [4.78, 5) is 75.4. The van der Waals surface area contributed by atoms with E-state index in [4.69, 9.17) is 28.0 Å². The van der Waals surface area contributed by atoms with Crippen molar-refractivity contribution in [1.29, 1.82) is 0 Å². The first kappa shape index (κ1) is 34.0. The van der Waals surface area contributed by atoms with Crippen molar-refractivity contribution in [3.63, 3.8) is 0 Å². The largest absolute Gasteiger partial charge is 0.481 e. The maximum absolute atomic E-state index is 12.9. The van der Waals surface area contributed by atoms with Gasteiger partial charge >= 0.3 is 17.9 Å². The van der Waals surface area contributed by atoms with E-state index >= 15 is 0 Å². The number of unbranched alkanes of at least 4 members (excludes halogenated alkanes) is 1. The summed E-state index contributed by atoms with van der Waals surface area (Å²) in [6.07, 6.45) is -0.419. The number of amides is 3. The number of nitrogens with two attached hydrogens (primary N) is 4. The molecule has 0 radical (unpaired) electrons. The van der Waals surface area contributed by atoms with Gasteiger partial charge in [-0.2, -0.15) is 0 Å². The molecule has 0 rings (SSSR count). The molecule has 17 nitrogen and oxygen atoms in total. The summed E-state index contributed by atoms with van der Waals surface area (Å²) in [5, 5.41) is 34.2. The SMILES string of the molecule is NCCCCC(NC(=O)C(N)CCC(=O)O)C(=O)NC(CC(=O)O)C(=O)NC(CCCN=C(N)N)C(=O)O. The van der Waals surface area contributed by atoms with Crippen LogP contribution < -0.4 is 38.9 Å². The summed E-state index contributed by atoms with van der Waals surface area (Å²) >= 11 is 0. The van der Waals surface area contributed by atoms with Gasteiger partial charge in [0.1, 0.15) is 18.1 Å². The molecule has 0 saturated carbocycles. The fourth-order valence-electron chi connectivity index (χ4n) is 3.14. The molecule has 0 aliphatic carbocycles. The number of hydrogen-bond donors (Lipinski definition) is 10. The van der Waals surface area contributed by atoms with E-state index in [0.717, 1.165) is 0 Å². The molecule has 38 heavy (non-hydrogen) atoms. The van der Waals surface area contributed by atoms with Crippen molar-refractivity contribution in [1.82, 2.24) is 16.0 Å². The smallest absolute Gasteiger partial charge is 0.326 e. The van der Waals surface area contributed by atoms with Crippen LogP contribution in [0, 0.1) is 0 Å². The van der Waals surface area contributed by atoms with E-state index in [9.17, 15) is 39.0 Å². The Bertz CT molecular complexity index is 864. The Hall–Kier alpha value is -3.99. The molecule has 0 aromatic heterocycles. The molecule has 0 heterocycles. The molecule has 17 heteroatoms.